The van der Waals surface area contributed by atoms with Gasteiger partial charge in [-0.3, -0.25) is 9.59 Å². The summed E-state index contributed by atoms with van der Waals surface area (Å²) in [4.78, 5) is 33.6. The zero-order valence-electron chi connectivity index (χ0n) is 9.74. The Morgan fingerprint density at radius 2 is 2.12 bits per heavy atom. The average molecular weight is 231 g/mol. The van der Waals surface area contributed by atoms with Crippen molar-refractivity contribution in [2.24, 2.45) is 0 Å². The second kappa shape index (κ2) is 3.80. The monoisotopic (exact) mass is 231 g/mol. The minimum atomic E-state index is -0.632. The first-order valence-electron chi connectivity index (χ1n) is 5.39. The molecule has 4 nitrogen and oxygen atoms in total. The molecule has 0 saturated carbocycles. The quantitative estimate of drug-likeness (QED) is 0.489. The van der Waals surface area contributed by atoms with Crippen LogP contribution in [0.4, 0.5) is 5.69 Å². The van der Waals surface area contributed by atoms with E-state index in [1.807, 2.05) is 13.8 Å². The first-order chi connectivity index (χ1) is 7.96. The van der Waals surface area contributed by atoms with Gasteiger partial charge in [0.05, 0.1) is 11.8 Å². The number of aldehydes is 1. The molecule has 1 aliphatic heterocycles. The van der Waals surface area contributed by atoms with Crippen LogP contribution in [0, 0.1) is 0 Å². The van der Waals surface area contributed by atoms with Crippen molar-refractivity contribution in [3.8, 4) is 0 Å². The Morgan fingerprint density at radius 1 is 1.41 bits per heavy atom. The van der Waals surface area contributed by atoms with E-state index >= 15 is 0 Å². The fourth-order valence-corrected chi connectivity index (χ4v) is 1.94. The second-order valence-corrected chi connectivity index (χ2v) is 4.63. The average Bonchev–Trinajstić information content (AvgIpc) is 2.50. The highest BCUT2D eigenvalue weighted by Crippen LogP contribution is 2.37. The second-order valence-electron chi connectivity index (χ2n) is 4.63. The van der Waals surface area contributed by atoms with E-state index in [0.717, 1.165) is 11.3 Å². The van der Waals surface area contributed by atoms with Gasteiger partial charge in [0.25, 0.3) is 0 Å². The number of amides is 1. The van der Waals surface area contributed by atoms with E-state index in [1.165, 1.54) is 0 Å². The predicted molar refractivity (Wildman–Crippen MR) is 63.1 cm³/mol. The first-order valence-corrected chi connectivity index (χ1v) is 5.39. The number of carbonyl (C=O) groups is 3. The molecule has 88 valence electrons. The van der Waals surface area contributed by atoms with Crippen molar-refractivity contribution < 1.29 is 14.4 Å². The third kappa shape index (κ3) is 1.75. The normalized spacial score (nSPS) is 16.2. The van der Waals surface area contributed by atoms with E-state index in [2.05, 4.69) is 5.32 Å². The van der Waals surface area contributed by atoms with Crippen molar-refractivity contribution in [3.63, 3.8) is 0 Å². The smallest absolute Gasteiger partial charge is 0.234 e. The van der Waals surface area contributed by atoms with Crippen molar-refractivity contribution in [2.45, 2.75) is 25.7 Å². The third-order valence-electron chi connectivity index (χ3n) is 3.10. The molecule has 1 aromatic carbocycles. The van der Waals surface area contributed by atoms with E-state index < -0.39 is 5.41 Å². The number of hydrogen-bond donors (Lipinski definition) is 1. The molecule has 1 amide bonds. The predicted octanol–water partition coefficient (Wildman–Crippen LogP) is 1.69. The number of fused-ring (bicyclic) bond motifs is 1. The topological polar surface area (TPSA) is 63.2 Å². The van der Waals surface area contributed by atoms with Crippen molar-refractivity contribution in [2.75, 3.05) is 5.32 Å². The third-order valence-corrected chi connectivity index (χ3v) is 3.10. The summed E-state index contributed by atoms with van der Waals surface area (Å²) in [5.74, 6) is -0.301. The Labute approximate surface area is 99.0 Å². The van der Waals surface area contributed by atoms with Crippen LogP contribution >= 0.6 is 0 Å². The van der Waals surface area contributed by atoms with Crippen LogP contribution in [0.1, 0.15) is 36.2 Å². The first kappa shape index (κ1) is 11.5. The summed E-state index contributed by atoms with van der Waals surface area (Å²) >= 11 is 0. The molecule has 1 heterocycles. The van der Waals surface area contributed by atoms with Gasteiger partial charge in [-0.15, -0.1) is 0 Å². The molecular formula is C13H13NO3. The van der Waals surface area contributed by atoms with Crippen molar-refractivity contribution >= 4 is 23.7 Å². The molecule has 0 aliphatic carbocycles. The summed E-state index contributed by atoms with van der Waals surface area (Å²) in [7, 11) is 0. The zero-order valence-corrected chi connectivity index (χ0v) is 9.74. The van der Waals surface area contributed by atoms with Gasteiger partial charge in [-0.05, 0) is 37.6 Å². The lowest BCUT2D eigenvalue weighted by molar-refractivity contribution is -0.119. The van der Waals surface area contributed by atoms with Gasteiger partial charge in [0.2, 0.25) is 5.91 Å². The summed E-state index contributed by atoms with van der Waals surface area (Å²) in [6.07, 6.45) is 0.463. The summed E-state index contributed by atoms with van der Waals surface area (Å²) in [6, 6.07) is 5.03. The van der Waals surface area contributed by atoms with E-state index in [1.54, 1.807) is 18.2 Å². The van der Waals surface area contributed by atoms with E-state index in [4.69, 9.17) is 0 Å². The van der Waals surface area contributed by atoms with Gasteiger partial charge in [0.15, 0.2) is 5.78 Å². The molecule has 0 saturated heterocycles. The summed E-state index contributed by atoms with van der Waals surface area (Å²) in [5.41, 5.74) is 1.38. The Hall–Kier alpha value is -1.97. The van der Waals surface area contributed by atoms with E-state index in [-0.39, 0.29) is 18.1 Å². The number of Topliss-reactive ketones (excluding diaryl/α,β-unsaturated/α-hetero) is 1. The molecule has 0 radical (unpaired) electrons. The van der Waals surface area contributed by atoms with E-state index in [9.17, 15) is 14.4 Å². The van der Waals surface area contributed by atoms with Gasteiger partial charge in [-0.2, -0.15) is 0 Å². The number of rotatable bonds is 3. The van der Waals surface area contributed by atoms with Gasteiger partial charge in [0.1, 0.15) is 6.29 Å². The van der Waals surface area contributed by atoms with Crippen molar-refractivity contribution in [3.05, 3.63) is 29.3 Å². The van der Waals surface area contributed by atoms with Crippen LogP contribution in [0.5, 0.6) is 0 Å². The fraction of sp³-hybridized carbons (Fsp3) is 0.308. The van der Waals surface area contributed by atoms with E-state index in [0.29, 0.717) is 11.8 Å². The SMILES string of the molecule is CC1(C)C(=O)Nc2ccc(C(=O)CC=O)cc21. The van der Waals surface area contributed by atoms with Crippen LogP contribution in [0.3, 0.4) is 0 Å². The molecule has 0 aromatic heterocycles. The van der Waals surface area contributed by atoms with Crippen LogP contribution in [0.2, 0.25) is 0 Å². The number of benzene rings is 1. The van der Waals surface area contributed by atoms with Gasteiger partial charge < -0.3 is 10.1 Å². The molecule has 2 rings (SSSR count). The van der Waals surface area contributed by atoms with Crippen LogP contribution in [-0.4, -0.2) is 18.0 Å². The zero-order chi connectivity index (χ0) is 12.6. The summed E-state index contributed by atoms with van der Waals surface area (Å²) in [5, 5.41) is 2.77. The van der Waals surface area contributed by atoms with Gasteiger partial charge in [-0.1, -0.05) is 0 Å². The van der Waals surface area contributed by atoms with Crippen LogP contribution in [-0.2, 0) is 15.0 Å². The molecule has 1 aromatic rings. The Balaban J connectivity index is 2.45. The molecule has 4 heteroatoms. The molecular weight excluding hydrogens is 218 g/mol. The molecule has 0 spiro atoms. The van der Waals surface area contributed by atoms with Crippen LogP contribution in [0.15, 0.2) is 18.2 Å². The molecule has 17 heavy (non-hydrogen) atoms. The molecule has 1 aliphatic rings. The van der Waals surface area contributed by atoms with Gasteiger partial charge in [0, 0.05) is 11.3 Å². The highest BCUT2D eigenvalue weighted by molar-refractivity contribution is 6.08. The van der Waals surface area contributed by atoms with Crippen LogP contribution < -0.4 is 5.32 Å². The minimum Gasteiger partial charge on any atom is -0.325 e. The Kier molecular flexibility index (Phi) is 2.58. The lowest BCUT2D eigenvalue weighted by atomic mass is 9.85. The Morgan fingerprint density at radius 3 is 2.76 bits per heavy atom. The largest absolute Gasteiger partial charge is 0.325 e. The summed E-state index contributed by atoms with van der Waals surface area (Å²) in [6.45, 7) is 3.62. The summed E-state index contributed by atoms with van der Waals surface area (Å²) < 4.78 is 0. The fourth-order valence-electron chi connectivity index (χ4n) is 1.94. The molecule has 1 N–H and O–H groups in total. The number of carbonyl (C=O) groups excluding carboxylic acids is 3. The van der Waals surface area contributed by atoms with Crippen molar-refractivity contribution in [1.29, 1.82) is 0 Å². The molecule has 0 fully saturated rings. The molecule has 0 unspecified atom stereocenters. The van der Waals surface area contributed by atoms with Gasteiger partial charge >= 0.3 is 0 Å². The van der Waals surface area contributed by atoms with Gasteiger partial charge in [-0.25, -0.2) is 0 Å². The Bertz CT molecular complexity index is 517. The lowest BCUT2D eigenvalue weighted by Gasteiger charge is -2.15. The number of nitrogens with one attached hydrogen (secondary N) is 1. The maximum Gasteiger partial charge on any atom is 0.234 e. The number of anilines is 1. The maximum atomic E-state index is 11.7. The molecule has 0 bridgehead atoms. The highest BCUT2D eigenvalue weighted by atomic mass is 16.2. The molecule has 0 atom stereocenters. The highest BCUT2D eigenvalue weighted by Gasteiger charge is 2.38. The standard InChI is InChI=1S/C13H13NO3/c1-13(2)9-7-8(11(16)5-6-15)3-4-10(9)14-12(13)17/h3-4,6-7H,5H2,1-2H3,(H,14,17). The van der Waals surface area contributed by atoms with Crippen LogP contribution in [0.25, 0.3) is 0 Å². The number of hydrogen-bond acceptors (Lipinski definition) is 3. The number of ketones is 1. The minimum absolute atomic E-state index is 0.0764. The maximum absolute atomic E-state index is 11.7. The van der Waals surface area contributed by atoms with Crippen molar-refractivity contribution in [1.82, 2.24) is 0 Å². The lowest BCUT2D eigenvalue weighted by Crippen LogP contribution is -2.27.